The molecule has 1 aromatic heterocycles. The molecule has 0 fully saturated rings. The van der Waals surface area contributed by atoms with Crippen LogP contribution in [0.15, 0.2) is 60.9 Å². The largest absolute Gasteiger partial charge is 0.274 e. The molecule has 4 rings (SSSR count). The standard InChI is InChI=1S/C19H17N5O3/c1-13-10-17(14-6-3-2-4-7-14)23-19(20-12-21-23)22(13)18(25)15-8-5-9-16(11-15)24(26)27/h2-9,11-13,17H,10H2,1H3/t13-,17+/m0/s1. The normalized spacial score (nSPS) is 18.8. The number of carbonyl (C=O) groups excluding carboxylic acids is 1. The summed E-state index contributed by atoms with van der Waals surface area (Å²) in [7, 11) is 0. The number of anilines is 1. The van der Waals surface area contributed by atoms with Gasteiger partial charge in [0.2, 0.25) is 5.95 Å². The van der Waals surface area contributed by atoms with E-state index in [-0.39, 0.29) is 29.2 Å². The fourth-order valence-electron chi connectivity index (χ4n) is 3.50. The van der Waals surface area contributed by atoms with Crippen molar-refractivity contribution in [1.29, 1.82) is 0 Å². The fourth-order valence-corrected chi connectivity index (χ4v) is 3.50. The van der Waals surface area contributed by atoms with Gasteiger partial charge in [0, 0.05) is 23.7 Å². The summed E-state index contributed by atoms with van der Waals surface area (Å²) in [5, 5.41) is 15.4. The fraction of sp³-hybridized carbons (Fsp3) is 0.211. The molecule has 0 saturated carbocycles. The molecule has 0 saturated heterocycles. The van der Waals surface area contributed by atoms with Gasteiger partial charge in [-0.3, -0.25) is 19.8 Å². The molecule has 0 N–H and O–H groups in total. The van der Waals surface area contributed by atoms with E-state index in [0.29, 0.717) is 12.4 Å². The Bertz CT molecular complexity index is 1000. The quantitative estimate of drug-likeness (QED) is 0.526. The number of non-ortho nitro benzene ring substituents is 1. The molecule has 0 aliphatic carbocycles. The lowest BCUT2D eigenvalue weighted by Gasteiger charge is -2.37. The summed E-state index contributed by atoms with van der Waals surface area (Å²) in [6.45, 7) is 1.95. The number of rotatable bonds is 3. The highest BCUT2D eigenvalue weighted by Crippen LogP contribution is 2.35. The van der Waals surface area contributed by atoms with Crippen molar-refractivity contribution in [1.82, 2.24) is 14.8 Å². The first-order valence-corrected chi connectivity index (χ1v) is 8.58. The van der Waals surface area contributed by atoms with E-state index in [4.69, 9.17) is 0 Å². The van der Waals surface area contributed by atoms with Crippen molar-refractivity contribution in [2.24, 2.45) is 0 Å². The zero-order chi connectivity index (χ0) is 19.0. The predicted octanol–water partition coefficient (Wildman–Crippen LogP) is 3.21. The molecule has 2 atom stereocenters. The molecule has 136 valence electrons. The van der Waals surface area contributed by atoms with Crippen molar-refractivity contribution in [3.8, 4) is 0 Å². The average molecular weight is 363 g/mol. The van der Waals surface area contributed by atoms with Crippen LogP contribution < -0.4 is 4.90 Å². The maximum absolute atomic E-state index is 13.1. The van der Waals surface area contributed by atoms with Crippen LogP contribution in [-0.2, 0) is 0 Å². The van der Waals surface area contributed by atoms with Crippen LogP contribution in [-0.4, -0.2) is 31.6 Å². The minimum Gasteiger partial charge on any atom is -0.274 e. The molecule has 8 nitrogen and oxygen atoms in total. The highest BCUT2D eigenvalue weighted by Gasteiger charge is 2.36. The van der Waals surface area contributed by atoms with Gasteiger partial charge in [0.15, 0.2) is 0 Å². The number of hydrogen-bond donors (Lipinski definition) is 0. The van der Waals surface area contributed by atoms with E-state index < -0.39 is 4.92 Å². The van der Waals surface area contributed by atoms with Crippen LogP contribution in [0.5, 0.6) is 0 Å². The smallest absolute Gasteiger partial charge is 0.270 e. The van der Waals surface area contributed by atoms with E-state index in [1.807, 2.05) is 37.3 Å². The predicted molar refractivity (Wildman–Crippen MR) is 98.6 cm³/mol. The first-order valence-electron chi connectivity index (χ1n) is 8.58. The molecular weight excluding hydrogens is 346 g/mol. The zero-order valence-corrected chi connectivity index (χ0v) is 14.6. The minimum absolute atomic E-state index is 0.0205. The van der Waals surface area contributed by atoms with Crippen molar-refractivity contribution >= 4 is 17.5 Å². The second-order valence-corrected chi connectivity index (χ2v) is 6.50. The average Bonchev–Trinajstić information content (AvgIpc) is 3.17. The van der Waals surface area contributed by atoms with Gasteiger partial charge in [-0.15, -0.1) is 0 Å². The van der Waals surface area contributed by atoms with Gasteiger partial charge >= 0.3 is 0 Å². The number of fused-ring (bicyclic) bond motifs is 1. The number of nitro benzene ring substituents is 1. The minimum atomic E-state index is -0.510. The summed E-state index contributed by atoms with van der Waals surface area (Å²) >= 11 is 0. The van der Waals surface area contributed by atoms with Crippen molar-refractivity contribution in [3.63, 3.8) is 0 Å². The van der Waals surface area contributed by atoms with Crippen LogP contribution in [0.25, 0.3) is 0 Å². The molecular formula is C19H17N5O3. The number of carbonyl (C=O) groups is 1. The molecule has 2 aromatic carbocycles. The zero-order valence-electron chi connectivity index (χ0n) is 14.6. The number of aromatic nitrogens is 3. The lowest BCUT2D eigenvalue weighted by atomic mass is 9.97. The molecule has 1 amide bonds. The molecule has 1 aliphatic rings. The Hall–Kier alpha value is -3.55. The Balaban J connectivity index is 1.73. The summed E-state index contributed by atoms with van der Waals surface area (Å²) in [5.74, 6) is 0.117. The van der Waals surface area contributed by atoms with E-state index in [0.717, 1.165) is 5.56 Å². The molecule has 2 heterocycles. The van der Waals surface area contributed by atoms with Gasteiger partial charge in [-0.05, 0) is 25.0 Å². The molecule has 1 aliphatic heterocycles. The van der Waals surface area contributed by atoms with E-state index >= 15 is 0 Å². The molecule has 0 radical (unpaired) electrons. The summed E-state index contributed by atoms with van der Waals surface area (Å²) in [5.41, 5.74) is 1.23. The number of amides is 1. The molecule has 3 aromatic rings. The van der Waals surface area contributed by atoms with Gasteiger partial charge in [0.1, 0.15) is 6.33 Å². The molecule has 8 heteroatoms. The summed E-state index contributed by atoms with van der Waals surface area (Å²) in [6, 6.07) is 15.5. The van der Waals surface area contributed by atoms with Crippen molar-refractivity contribution in [2.75, 3.05) is 4.90 Å². The highest BCUT2D eigenvalue weighted by molar-refractivity contribution is 6.06. The van der Waals surface area contributed by atoms with Crippen LogP contribution in [0, 0.1) is 10.1 Å². The number of benzene rings is 2. The molecule has 0 spiro atoms. The summed E-state index contributed by atoms with van der Waals surface area (Å²) < 4.78 is 1.74. The van der Waals surface area contributed by atoms with Crippen LogP contribution >= 0.6 is 0 Å². The third-order valence-electron chi connectivity index (χ3n) is 4.78. The van der Waals surface area contributed by atoms with Gasteiger partial charge in [0.05, 0.1) is 11.0 Å². The SMILES string of the molecule is C[C@H]1C[C@H](c2ccccc2)n2ncnc2N1C(=O)c1cccc([N+](=O)[O-])c1. The number of nitrogens with zero attached hydrogens (tertiary/aromatic N) is 5. The maximum Gasteiger partial charge on any atom is 0.270 e. The van der Waals surface area contributed by atoms with Crippen molar-refractivity contribution in [3.05, 3.63) is 82.2 Å². The van der Waals surface area contributed by atoms with Gasteiger partial charge in [-0.25, -0.2) is 4.68 Å². The summed E-state index contributed by atoms with van der Waals surface area (Å²) in [4.78, 5) is 29.5. The third kappa shape index (κ3) is 2.95. The lowest BCUT2D eigenvalue weighted by Crippen LogP contribution is -2.46. The monoisotopic (exact) mass is 363 g/mol. The van der Waals surface area contributed by atoms with Crippen LogP contribution in [0.2, 0.25) is 0 Å². The van der Waals surface area contributed by atoms with Crippen LogP contribution in [0.4, 0.5) is 11.6 Å². The van der Waals surface area contributed by atoms with E-state index in [9.17, 15) is 14.9 Å². The second kappa shape index (κ2) is 6.64. The summed E-state index contributed by atoms with van der Waals surface area (Å²) in [6.07, 6.45) is 2.10. The van der Waals surface area contributed by atoms with Gasteiger partial charge in [-0.2, -0.15) is 10.1 Å². The Morgan fingerprint density at radius 3 is 2.70 bits per heavy atom. The number of hydrogen-bond acceptors (Lipinski definition) is 5. The Morgan fingerprint density at radius 2 is 1.96 bits per heavy atom. The topological polar surface area (TPSA) is 94.2 Å². The van der Waals surface area contributed by atoms with Crippen LogP contribution in [0.3, 0.4) is 0 Å². The first kappa shape index (κ1) is 16.9. The lowest BCUT2D eigenvalue weighted by molar-refractivity contribution is -0.384. The van der Waals surface area contributed by atoms with Crippen LogP contribution in [0.1, 0.15) is 35.3 Å². The molecule has 27 heavy (non-hydrogen) atoms. The van der Waals surface area contributed by atoms with E-state index in [1.54, 1.807) is 15.6 Å². The van der Waals surface area contributed by atoms with Crippen molar-refractivity contribution < 1.29 is 9.72 Å². The Kier molecular flexibility index (Phi) is 4.15. The number of nitro groups is 1. The van der Waals surface area contributed by atoms with E-state index in [1.165, 1.54) is 24.5 Å². The van der Waals surface area contributed by atoms with Crippen molar-refractivity contribution in [2.45, 2.75) is 25.4 Å². The van der Waals surface area contributed by atoms with E-state index in [2.05, 4.69) is 10.1 Å². The van der Waals surface area contributed by atoms with Gasteiger partial charge in [0.25, 0.3) is 11.6 Å². The third-order valence-corrected chi connectivity index (χ3v) is 4.78. The first-order chi connectivity index (χ1) is 13.1. The van der Waals surface area contributed by atoms with Gasteiger partial charge in [-0.1, -0.05) is 36.4 Å². The Morgan fingerprint density at radius 1 is 1.19 bits per heavy atom. The maximum atomic E-state index is 13.1. The van der Waals surface area contributed by atoms with Gasteiger partial charge < -0.3 is 0 Å². The molecule has 0 unspecified atom stereocenters. The second-order valence-electron chi connectivity index (χ2n) is 6.50. The Labute approximate surface area is 155 Å². The highest BCUT2D eigenvalue weighted by atomic mass is 16.6. The molecule has 0 bridgehead atoms.